The monoisotopic (exact) mass is 320 g/mol. The van der Waals surface area contributed by atoms with Crippen molar-refractivity contribution in [2.45, 2.75) is 44.4 Å². The van der Waals surface area contributed by atoms with Crippen molar-refractivity contribution >= 4 is 5.97 Å². The third kappa shape index (κ3) is 5.31. The van der Waals surface area contributed by atoms with Gasteiger partial charge in [-0.3, -0.25) is 4.79 Å². The highest BCUT2D eigenvalue weighted by Gasteiger charge is 2.28. The predicted octanol–water partition coefficient (Wildman–Crippen LogP) is 5.03. The van der Waals surface area contributed by atoms with Crippen LogP contribution in [0.15, 0.2) is 54.1 Å². The molecule has 0 saturated carbocycles. The second-order valence-electron chi connectivity index (χ2n) is 5.66. The van der Waals surface area contributed by atoms with E-state index >= 15 is 0 Å². The van der Waals surface area contributed by atoms with Crippen molar-refractivity contribution in [2.75, 3.05) is 6.61 Å². The minimum atomic E-state index is -2.75. The maximum absolute atomic E-state index is 13.3. The van der Waals surface area contributed by atoms with Gasteiger partial charge in [0.05, 0.1) is 6.61 Å². The third-order valence-corrected chi connectivity index (χ3v) is 3.91. The molecule has 0 N–H and O–H groups in total. The van der Waals surface area contributed by atoms with E-state index in [4.69, 9.17) is 4.74 Å². The van der Waals surface area contributed by atoms with Gasteiger partial charge in [0.1, 0.15) is 0 Å². The summed E-state index contributed by atoms with van der Waals surface area (Å²) in [6.45, 7) is 2.16. The zero-order valence-electron chi connectivity index (χ0n) is 13.3. The van der Waals surface area contributed by atoms with E-state index in [1.165, 1.54) is 6.08 Å². The van der Waals surface area contributed by atoms with Gasteiger partial charge >= 0.3 is 5.97 Å². The average Bonchev–Trinajstić information content (AvgIpc) is 2.53. The van der Waals surface area contributed by atoms with E-state index in [-0.39, 0.29) is 18.3 Å². The molecule has 0 aliphatic heterocycles. The molecule has 1 unspecified atom stereocenters. The molecule has 0 saturated heterocycles. The molecule has 1 aliphatic rings. The fraction of sp³-hybridized carbons (Fsp3) is 0.421. The number of carbonyl (C=O) groups is 1. The van der Waals surface area contributed by atoms with Gasteiger partial charge in [0.15, 0.2) is 0 Å². The van der Waals surface area contributed by atoms with Crippen LogP contribution >= 0.6 is 0 Å². The number of hydrogen-bond acceptors (Lipinski definition) is 2. The SMILES string of the molecule is CCOC(=O)CCCC(C1=CCC(F)(F)C=C1)c1ccccc1. The number of carbonyl (C=O) groups excluding carboxylic acids is 1. The van der Waals surface area contributed by atoms with Crippen molar-refractivity contribution in [3.8, 4) is 0 Å². The van der Waals surface area contributed by atoms with Crippen LogP contribution in [0.3, 0.4) is 0 Å². The summed E-state index contributed by atoms with van der Waals surface area (Å²) in [5.41, 5.74) is 1.98. The van der Waals surface area contributed by atoms with Crippen molar-refractivity contribution in [3.05, 3.63) is 59.7 Å². The molecule has 1 aromatic carbocycles. The van der Waals surface area contributed by atoms with Crippen molar-refractivity contribution < 1.29 is 18.3 Å². The van der Waals surface area contributed by atoms with Gasteiger partial charge in [-0.1, -0.05) is 42.5 Å². The van der Waals surface area contributed by atoms with E-state index in [0.717, 1.165) is 23.6 Å². The highest BCUT2D eigenvalue weighted by atomic mass is 19.3. The molecule has 2 rings (SSSR count). The standard InChI is InChI=1S/C19H22F2O2/c1-2-23-18(22)10-6-9-17(15-7-4-3-5-8-15)16-11-13-19(20,21)14-12-16/h3-5,7-8,11-13,17H,2,6,9-10,14H2,1H3. The average molecular weight is 320 g/mol. The van der Waals surface area contributed by atoms with Crippen LogP contribution in [-0.2, 0) is 9.53 Å². The largest absolute Gasteiger partial charge is 0.466 e. The lowest BCUT2D eigenvalue weighted by atomic mass is 9.84. The predicted molar refractivity (Wildman–Crippen MR) is 86.5 cm³/mol. The number of rotatable bonds is 7. The van der Waals surface area contributed by atoms with Gasteiger partial charge in [-0.05, 0) is 37.0 Å². The van der Waals surface area contributed by atoms with E-state index in [1.54, 1.807) is 13.0 Å². The quantitative estimate of drug-likeness (QED) is 0.659. The number of allylic oxidation sites excluding steroid dienone is 4. The number of halogens is 2. The summed E-state index contributed by atoms with van der Waals surface area (Å²) in [5, 5.41) is 0. The third-order valence-electron chi connectivity index (χ3n) is 3.91. The van der Waals surface area contributed by atoms with Crippen molar-refractivity contribution in [1.29, 1.82) is 0 Å². The van der Waals surface area contributed by atoms with Gasteiger partial charge in [-0.25, -0.2) is 8.78 Å². The molecule has 0 fully saturated rings. The first-order valence-electron chi connectivity index (χ1n) is 7.99. The summed E-state index contributed by atoms with van der Waals surface area (Å²) < 4.78 is 31.5. The molecule has 2 nitrogen and oxygen atoms in total. The molecule has 0 bridgehead atoms. The number of alkyl halides is 2. The van der Waals surface area contributed by atoms with Crippen LogP contribution < -0.4 is 0 Å². The second-order valence-corrected chi connectivity index (χ2v) is 5.66. The number of hydrogen-bond donors (Lipinski definition) is 0. The molecule has 1 atom stereocenters. The molecule has 1 aromatic rings. The minimum Gasteiger partial charge on any atom is -0.466 e. The van der Waals surface area contributed by atoms with E-state index in [0.29, 0.717) is 19.4 Å². The minimum absolute atomic E-state index is 0.0259. The summed E-state index contributed by atoms with van der Waals surface area (Å²) in [5.74, 6) is -2.94. The lowest BCUT2D eigenvalue weighted by molar-refractivity contribution is -0.143. The maximum Gasteiger partial charge on any atom is 0.305 e. The van der Waals surface area contributed by atoms with E-state index in [2.05, 4.69) is 0 Å². The molecular weight excluding hydrogens is 298 g/mol. The molecule has 23 heavy (non-hydrogen) atoms. The van der Waals surface area contributed by atoms with E-state index in [1.807, 2.05) is 30.3 Å². The van der Waals surface area contributed by atoms with Crippen molar-refractivity contribution in [2.24, 2.45) is 0 Å². The molecule has 4 heteroatoms. The molecule has 0 spiro atoms. The van der Waals surface area contributed by atoms with Crippen molar-refractivity contribution in [1.82, 2.24) is 0 Å². The first-order chi connectivity index (χ1) is 11.0. The number of esters is 1. The molecule has 0 amide bonds. The Morgan fingerprint density at radius 2 is 2.04 bits per heavy atom. The Hall–Kier alpha value is -1.97. The summed E-state index contributed by atoms with van der Waals surface area (Å²) in [6, 6.07) is 9.80. The van der Waals surface area contributed by atoms with Crippen LogP contribution in [0.4, 0.5) is 8.78 Å². The van der Waals surface area contributed by atoms with E-state index in [9.17, 15) is 13.6 Å². The van der Waals surface area contributed by atoms with Gasteiger partial charge in [0.25, 0.3) is 5.92 Å². The Labute approximate surface area is 135 Å². The zero-order chi connectivity index (χ0) is 16.7. The fourth-order valence-corrected chi connectivity index (χ4v) is 2.76. The van der Waals surface area contributed by atoms with Gasteiger partial charge in [0.2, 0.25) is 0 Å². The molecular formula is C19H22F2O2. The molecule has 0 heterocycles. The first-order valence-corrected chi connectivity index (χ1v) is 7.99. The second kappa shape index (κ2) is 8.04. The zero-order valence-corrected chi connectivity index (χ0v) is 13.3. The van der Waals surface area contributed by atoms with Crippen LogP contribution in [0.1, 0.15) is 44.1 Å². The Kier molecular flexibility index (Phi) is 6.08. The summed E-state index contributed by atoms with van der Waals surface area (Å²) in [4.78, 5) is 11.5. The molecule has 124 valence electrons. The summed E-state index contributed by atoms with van der Waals surface area (Å²) in [6.07, 6.45) is 5.59. The number of ether oxygens (including phenoxy) is 1. The van der Waals surface area contributed by atoms with Crippen LogP contribution in [0, 0.1) is 0 Å². The normalized spacial score (nSPS) is 17.4. The first kappa shape index (κ1) is 17.4. The van der Waals surface area contributed by atoms with Crippen LogP contribution in [0.5, 0.6) is 0 Å². The molecule has 0 aromatic heterocycles. The van der Waals surface area contributed by atoms with Crippen LogP contribution in [-0.4, -0.2) is 18.5 Å². The summed E-state index contributed by atoms with van der Waals surface area (Å²) >= 11 is 0. The van der Waals surface area contributed by atoms with Crippen LogP contribution in [0.2, 0.25) is 0 Å². The molecule has 1 aliphatic carbocycles. The Morgan fingerprint density at radius 3 is 2.65 bits per heavy atom. The fourth-order valence-electron chi connectivity index (χ4n) is 2.76. The van der Waals surface area contributed by atoms with Crippen molar-refractivity contribution in [3.63, 3.8) is 0 Å². The smallest absolute Gasteiger partial charge is 0.305 e. The van der Waals surface area contributed by atoms with Gasteiger partial charge in [-0.15, -0.1) is 0 Å². The highest BCUT2D eigenvalue weighted by Crippen LogP contribution is 2.36. The number of benzene rings is 1. The van der Waals surface area contributed by atoms with E-state index < -0.39 is 5.92 Å². The Bertz CT molecular complexity index is 576. The molecule has 0 radical (unpaired) electrons. The summed E-state index contributed by atoms with van der Waals surface area (Å²) in [7, 11) is 0. The lowest BCUT2D eigenvalue weighted by Gasteiger charge is -2.23. The Balaban J connectivity index is 2.07. The van der Waals surface area contributed by atoms with Gasteiger partial charge in [-0.2, -0.15) is 0 Å². The van der Waals surface area contributed by atoms with Crippen LogP contribution in [0.25, 0.3) is 0 Å². The maximum atomic E-state index is 13.3. The lowest BCUT2D eigenvalue weighted by Crippen LogP contribution is -2.15. The Morgan fingerprint density at radius 1 is 1.30 bits per heavy atom. The topological polar surface area (TPSA) is 26.3 Å². The highest BCUT2D eigenvalue weighted by molar-refractivity contribution is 5.69. The van der Waals surface area contributed by atoms with Gasteiger partial charge in [0, 0.05) is 18.8 Å². The van der Waals surface area contributed by atoms with Gasteiger partial charge < -0.3 is 4.74 Å².